The topological polar surface area (TPSA) is 60.4 Å². The Kier molecular flexibility index (Phi) is 6.10. The molecular weight excluding hydrogens is 149 g/mol. The van der Waals surface area contributed by atoms with E-state index >= 15 is 0 Å². The molecule has 0 aliphatic carbocycles. The number of aliphatic hydroxyl groups is 1. The fourth-order valence-corrected chi connectivity index (χ4v) is 0. The molecule has 0 aromatic heterocycles. The Morgan fingerprint density at radius 1 is 1.86 bits per heavy atom. The summed E-state index contributed by atoms with van der Waals surface area (Å²) >= 11 is 0. The van der Waals surface area contributed by atoms with Crippen molar-refractivity contribution in [3.8, 4) is 0 Å². The first-order valence-corrected chi connectivity index (χ1v) is 1.53. The minimum atomic E-state index is -1.44. The largest absolute Gasteiger partial charge is 0.547 e. The third-order valence-corrected chi connectivity index (χ3v) is 0.341. The molecule has 0 fully saturated rings. The summed E-state index contributed by atoms with van der Waals surface area (Å²) in [6.07, 6.45) is -1.34. The summed E-state index contributed by atoms with van der Waals surface area (Å²) in [5, 5.41) is 17.3. The fraction of sp³-hybridized carbons (Fsp3) is 0.667. The van der Waals surface area contributed by atoms with Gasteiger partial charge in [-0.1, -0.05) is 0 Å². The molecular formula is C3H5O3Zn-. The van der Waals surface area contributed by atoms with E-state index in [9.17, 15) is 9.90 Å². The van der Waals surface area contributed by atoms with Crippen LogP contribution in [0.3, 0.4) is 0 Å². The number of aliphatic hydroxyl groups excluding tert-OH is 1. The maximum atomic E-state index is 9.34. The Balaban J connectivity index is 0. The molecule has 0 spiro atoms. The Morgan fingerprint density at radius 2 is 2.00 bits per heavy atom. The molecule has 38 valence electrons. The molecule has 4 heteroatoms. The van der Waals surface area contributed by atoms with Gasteiger partial charge in [-0.15, -0.1) is 0 Å². The molecule has 0 radical (unpaired) electrons. The standard InChI is InChI=1S/C3H6O3.Zn/c1-2(4)3(5)6;/h2,4H,1H3,(H,5,6);/p-1/t2-;/m1./s1. The second-order valence-electron chi connectivity index (χ2n) is 0.995. The van der Waals surface area contributed by atoms with Gasteiger partial charge in [0.15, 0.2) is 0 Å². The van der Waals surface area contributed by atoms with Gasteiger partial charge in [-0.25, -0.2) is 0 Å². The zero-order valence-corrected chi connectivity index (χ0v) is 7.02. The van der Waals surface area contributed by atoms with Crippen molar-refractivity contribution in [1.29, 1.82) is 0 Å². The molecule has 0 bridgehead atoms. The summed E-state index contributed by atoms with van der Waals surface area (Å²) in [5.74, 6) is -1.44. The van der Waals surface area contributed by atoms with Crippen LogP contribution in [0.15, 0.2) is 0 Å². The van der Waals surface area contributed by atoms with E-state index in [2.05, 4.69) is 0 Å². The van der Waals surface area contributed by atoms with E-state index in [-0.39, 0.29) is 19.5 Å². The molecule has 0 aromatic carbocycles. The average Bonchev–Trinajstić information content (AvgIpc) is 1.36. The first-order valence-electron chi connectivity index (χ1n) is 1.53. The minimum Gasteiger partial charge on any atom is -0.547 e. The number of hydrogen-bond donors (Lipinski definition) is 1. The molecule has 7 heavy (non-hydrogen) atoms. The number of carboxylic acids is 1. The molecule has 1 atom stereocenters. The maximum Gasteiger partial charge on any atom is 0.0905 e. The van der Waals surface area contributed by atoms with Crippen molar-refractivity contribution in [2.24, 2.45) is 0 Å². The van der Waals surface area contributed by atoms with Crippen molar-refractivity contribution in [3.05, 3.63) is 0 Å². The summed E-state index contributed by atoms with van der Waals surface area (Å²) in [6, 6.07) is 0. The van der Waals surface area contributed by atoms with Gasteiger partial charge in [-0.05, 0) is 6.92 Å². The quantitative estimate of drug-likeness (QED) is 0.450. The van der Waals surface area contributed by atoms with Gasteiger partial charge in [-0.2, -0.15) is 0 Å². The van der Waals surface area contributed by atoms with Gasteiger partial charge in [0, 0.05) is 19.5 Å². The van der Waals surface area contributed by atoms with E-state index in [1.54, 1.807) is 0 Å². The SMILES string of the molecule is C[C@@H](O)C(=O)[O-].[Zn]. The van der Waals surface area contributed by atoms with Crippen molar-refractivity contribution >= 4 is 5.97 Å². The van der Waals surface area contributed by atoms with Gasteiger partial charge in [0.1, 0.15) is 0 Å². The molecule has 0 aromatic rings. The van der Waals surface area contributed by atoms with Crippen LogP contribution in [0.2, 0.25) is 0 Å². The molecule has 0 saturated carbocycles. The summed E-state index contributed by atoms with van der Waals surface area (Å²) in [6.45, 7) is 1.13. The van der Waals surface area contributed by atoms with Crippen LogP contribution in [0, 0.1) is 0 Å². The Morgan fingerprint density at radius 3 is 2.00 bits per heavy atom. The fourth-order valence-electron chi connectivity index (χ4n) is 0. The van der Waals surface area contributed by atoms with E-state index < -0.39 is 12.1 Å². The monoisotopic (exact) mass is 153 g/mol. The molecule has 0 unspecified atom stereocenters. The zero-order chi connectivity index (χ0) is 5.15. The third kappa shape index (κ3) is 6.05. The number of hydrogen-bond acceptors (Lipinski definition) is 3. The van der Waals surface area contributed by atoms with Crippen LogP contribution in [0.25, 0.3) is 0 Å². The molecule has 0 amide bonds. The van der Waals surface area contributed by atoms with Crippen molar-refractivity contribution in [3.63, 3.8) is 0 Å². The number of rotatable bonds is 1. The van der Waals surface area contributed by atoms with Gasteiger partial charge < -0.3 is 15.0 Å². The third-order valence-electron chi connectivity index (χ3n) is 0.341. The van der Waals surface area contributed by atoms with E-state index in [1.807, 2.05) is 0 Å². The molecule has 0 saturated heterocycles. The minimum absolute atomic E-state index is 0. The maximum absolute atomic E-state index is 9.34. The van der Waals surface area contributed by atoms with E-state index in [0.29, 0.717) is 0 Å². The summed E-state index contributed by atoms with van der Waals surface area (Å²) in [7, 11) is 0. The Bertz CT molecular complexity index is 61.2. The molecule has 0 aliphatic heterocycles. The summed E-state index contributed by atoms with van der Waals surface area (Å²) in [4.78, 5) is 9.34. The molecule has 0 heterocycles. The average molecular weight is 154 g/mol. The molecule has 1 N–H and O–H groups in total. The summed E-state index contributed by atoms with van der Waals surface area (Å²) < 4.78 is 0. The molecule has 0 rings (SSSR count). The van der Waals surface area contributed by atoms with Crippen molar-refractivity contribution in [2.45, 2.75) is 13.0 Å². The first-order chi connectivity index (χ1) is 2.64. The number of aliphatic carboxylic acids is 1. The number of carbonyl (C=O) groups is 1. The predicted octanol–water partition coefficient (Wildman–Crippen LogP) is -1.89. The van der Waals surface area contributed by atoms with E-state index in [0.717, 1.165) is 6.92 Å². The van der Waals surface area contributed by atoms with E-state index in [1.165, 1.54) is 0 Å². The smallest absolute Gasteiger partial charge is 0.0905 e. The van der Waals surface area contributed by atoms with Gasteiger partial charge in [0.05, 0.1) is 12.1 Å². The Hall–Kier alpha value is 0.0534. The van der Waals surface area contributed by atoms with Crippen molar-refractivity contribution < 1.29 is 34.5 Å². The van der Waals surface area contributed by atoms with Crippen molar-refractivity contribution in [1.82, 2.24) is 0 Å². The van der Waals surface area contributed by atoms with Crippen LogP contribution in [0.5, 0.6) is 0 Å². The molecule has 3 nitrogen and oxygen atoms in total. The van der Waals surface area contributed by atoms with Gasteiger partial charge in [0.2, 0.25) is 0 Å². The van der Waals surface area contributed by atoms with Gasteiger partial charge in [-0.3, -0.25) is 0 Å². The second kappa shape index (κ2) is 4.22. The molecule has 0 aliphatic rings. The van der Waals surface area contributed by atoms with Crippen LogP contribution in [0.4, 0.5) is 0 Å². The zero-order valence-electron chi connectivity index (χ0n) is 4.05. The Labute approximate surface area is 54.1 Å². The van der Waals surface area contributed by atoms with E-state index in [4.69, 9.17) is 5.11 Å². The normalized spacial score (nSPS) is 11.7. The van der Waals surface area contributed by atoms with Crippen LogP contribution < -0.4 is 5.11 Å². The van der Waals surface area contributed by atoms with Gasteiger partial charge >= 0.3 is 0 Å². The van der Waals surface area contributed by atoms with Crippen LogP contribution in [-0.4, -0.2) is 17.2 Å². The second-order valence-corrected chi connectivity index (χ2v) is 0.995. The predicted molar refractivity (Wildman–Crippen MR) is 16.7 cm³/mol. The van der Waals surface area contributed by atoms with Crippen molar-refractivity contribution in [2.75, 3.05) is 0 Å². The van der Waals surface area contributed by atoms with Crippen LogP contribution in [-0.2, 0) is 24.3 Å². The number of carbonyl (C=O) groups excluding carboxylic acids is 1. The first kappa shape index (κ1) is 10.1. The van der Waals surface area contributed by atoms with Gasteiger partial charge in [0.25, 0.3) is 0 Å². The number of carboxylic acid groups (broad SMARTS) is 1. The van der Waals surface area contributed by atoms with Crippen LogP contribution >= 0.6 is 0 Å². The van der Waals surface area contributed by atoms with Crippen LogP contribution in [0.1, 0.15) is 6.92 Å². The summed E-state index contributed by atoms with van der Waals surface area (Å²) in [5.41, 5.74) is 0.